The zero-order valence-corrected chi connectivity index (χ0v) is 35.4. The Balaban J connectivity index is 0.000000772. The van der Waals surface area contributed by atoms with Crippen LogP contribution in [0.5, 0.6) is 17.2 Å². The summed E-state index contributed by atoms with van der Waals surface area (Å²) in [6.45, 7) is 22.2. The van der Waals surface area contributed by atoms with Gasteiger partial charge in [-0.3, -0.25) is 19.2 Å². The molecule has 3 aromatic rings. The summed E-state index contributed by atoms with van der Waals surface area (Å²) in [6, 6.07) is 22.2. The molecule has 314 valence electrons. The van der Waals surface area contributed by atoms with Crippen molar-refractivity contribution in [1.29, 1.82) is 0 Å². The van der Waals surface area contributed by atoms with Crippen LogP contribution in [-0.2, 0) is 53.2 Å². The number of ether oxygens (including phenoxy) is 6. The largest absolute Gasteiger partial charge is 0.497 e. The van der Waals surface area contributed by atoms with Crippen LogP contribution in [0.2, 0.25) is 0 Å². The van der Waals surface area contributed by atoms with Crippen LogP contribution >= 0.6 is 0 Å². The van der Waals surface area contributed by atoms with Crippen LogP contribution in [0.1, 0.15) is 78.5 Å². The molecule has 0 heterocycles. The Morgan fingerprint density at radius 1 is 0.614 bits per heavy atom. The monoisotopic (exact) mass is 794 g/mol. The van der Waals surface area contributed by atoms with Crippen LogP contribution in [0, 0.1) is 29.2 Å². The number of esters is 3. The number of nitrogens with zero attached hydrogens (tertiary/aromatic N) is 1. The molecule has 0 aromatic heterocycles. The molecule has 0 fully saturated rings. The molecule has 13 nitrogen and oxygen atoms in total. The average Bonchev–Trinajstić information content (AvgIpc) is 3.19. The molecule has 0 atom stereocenters. The molecule has 0 saturated heterocycles. The lowest BCUT2D eigenvalue weighted by atomic mass is 9.90. The van der Waals surface area contributed by atoms with E-state index >= 15 is 0 Å². The number of carbonyl (C=O) groups is 4. The molecule has 3 aromatic carbocycles. The minimum absolute atomic E-state index is 0.0803. The summed E-state index contributed by atoms with van der Waals surface area (Å²) < 4.78 is 30.7. The van der Waals surface area contributed by atoms with Crippen molar-refractivity contribution in [3.05, 3.63) is 101 Å². The summed E-state index contributed by atoms with van der Waals surface area (Å²) in [7, 11) is 4.83. The highest BCUT2D eigenvalue weighted by Crippen LogP contribution is 2.23. The predicted molar refractivity (Wildman–Crippen MR) is 218 cm³/mol. The maximum absolute atomic E-state index is 11.8. The van der Waals surface area contributed by atoms with E-state index in [1.165, 1.54) is 0 Å². The number of hydrogen-bond acceptors (Lipinski definition) is 11. The van der Waals surface area contributed by atoms with Crippen molar-refractivity contribution in [2.24, 2.45) is 28.4 Å². The van der Waals surface area contributed by atoms with Crippen LogP contribution in [0.25, 0.3) is 4.85 Å². The van der Waals surface area contributed by atoms with E-state index in [1.807, 2.05) is 100 Å². The number of hydrogen-bond donors (Lipinski definition) is 2. The fourth-order valence-corrected chi connectivity index (χ4v) is 3.90. The molecule has 0 unspecified atom stereocenters. The lowest BCUT2D eigenvalue weighted by molar-refractivity contribution is -0.156. The van der Waals surface area contributed by atoms with E-state index in [4.69, 9.17) is 45.8 Å². The van der Waals surface area contributed by atoms with E-state index < -0.39 is 16.8 Å². The molecule has 0 amide bonds. The number of benzene rings is 3. The number of aliphatic carboxylic acids is 1. The first-order chi connectivity index (χ1) is 26.8. The van der Waals surface area contributed by atoms with Crippen LogP contribution in [-0.4, -0.2) is 63.4 Å². The molecular weight excluding hydrogens is 732 g/mol. The van der Waals surface area contributed by atoms with Crippen molar-refractivity contribution in [3.63, 3.8) is 0 Å². The standard InChI is InChI=1S/C14H17NO3.C14H21NO3.C12H16O3.C4H8O2/c1-14(2,10-15-3)13(16)18-9-11-5-7-12(17-4)8-6-11;1-14(2,8-9-15)13(16)18-10-11-4-6-12(17-3)7-5-11;1-9(2)12(13)15-8-10-4-6-11(14-3)7-5-10;1-3(2)4(5)6/h5-8H,9-10H2,1-2,4H3;4-7H,8-10,15H2,1-3H3;4-7,9H,8H2,1-3H3;3H,1-2H3,(H,5,6). The third-order valence-electron chi connectivity index (χ3n) is 7.91. The minimum Gasteiger partial charge on any atom is -0.497 e. The van der Waals surface area contributed by atoms with Gasteiger partial charge >= 0.3 is 23.9 Å². The van der Waals surface area contributed by atoms with Gasteiger partial charge in [0.2, 0.25) is 6.54 Å². The van der Waals surface area contributed by atoms with Crippen molar-refractivity contribution in [2.45, 2.75) is 81.6 Å². The number of rotatable bonds is 16. The Hall–Kier alpha value is -5.61. The highest BCUT2D eigenvalue weighted by Gasteiger charge is 2.33. The first kappa shape index (κ1) is 51.4. The lowest BCUT2D eigenvalue weighted by Crippen LogP contribution is -2.29. The van der Waals surface area contributed by atoms with Crippen molar-refractivity contribution < 1.29 is 52.7 Å². The summed E-state index contributed by atoms with van der Waals surface area (Å²) in [5.41, 5.74) is 6.98. The normalized spacial score (nSPS) is 10.5. The number of carboxylic acid groups (broad SMARTS) is 1. The van der Waals surface area contributed by atoms with Gasteiger partial charge < -0.3 is 44.1 Å². The molecule has 0 aliphatic heterocycles. The highest BCUT2D eigenvalue weighted by atomic mass is 16.5. The fraction of sp³-hybridized carbons (Fsp3) is 0.477. The summed E-state index contributed by atoms with van der Waals surface area (Å²) in [5, 5.41) is 7.99. The SMILES string of the molecule is CC(C)C(=O)O.COc1ccc(COC(=O)C(C)(C)CCN)cc1.COc1ccc(COC(=O)C(C)C)cc1.[C-]#[N+]CC(C)(C)C(=O)OCc1ccc(OC)cc1. The molecule has 0 spiro atoms. The summed E-state index contributed by atoms with van der Waals surface area (Å²) in [6.07, 6.45) is 0.619. The Morgan fingerprint density at radius 2 is 0.930 bits per heavy atom. The molecule has 0 radical (unpaired) electrons. The first-order valence-corrected chi connectivity index (χ1v) is 18.4. The maximum Gasteiger partial charge on any atom is 0.319 e. The van der Waals surface area contributed by atoms with Crippen LogP contribution in [0.15, 0.2) is 72.8 Å². The smallest absolute Gasteiger partial charge is 0.319 e. The second-order valence-corrected chi connectivity index (χ2v) is 14.6. The van der Waals surface area contributed by atoms with Crippen molar-refractivity contribution in [2.75, 3.05) is 34.4 Å². The minimum atomic E-state index is -0.756. The van der Waals surface area contributed by atoms with Gasteiger partial charge in [-0.1, -0.05) is 64.1 Å². The Labute approximate surface area is 338 Å². The Bertz CT molecular complexity index is 1660. The predicted octanol–water partition coefficient (Wildman–Crippen LogP) is 7.92. The molecular formula is C44H62N2O11. The molecule has 0 saturated carbocycles. The molecule has 0 aliphatic carbocycles. The average molecular weight is 795 g/mol. The number of carboxylic acids is 1. The zero-order valence-electron chi connectivity index (χ0n) is 35.4. The number of nitrogens with two attached hydrogens (primary N) is 1. The van der Waals surface area contributed by atoms with E-state index in [0.29, 0.717) is 19.6 Å². The van der Waals surface area contributed by atoms with Crippen LogP contribution in [0.3, 0.4) is 0 Å². The number of methoxy groups -OCH3 is 3. The van der Waals surface area contributed by atoms with Crippen LogP contribution in [0.4, 0.5) is 0 Å². The summed E-state index contributed by atoms with van der Waals surface area (Å²) >= 11 is 0. The molecule has 13 heteroatoms. The first-order valence-electron chi connectivity index (χ1n) is 18.4. The molecule has 57 heavy (non-hydrogen) atoms. The quantitative estimate of drug-likeness (QED) is 0.0816. The second-order valence-electron chi connectivity index (χ2n) is 14.6. The molecule has 3 rings (SSSR count). The van der Waals surface area contributed by atoms with E-state index in [1.54, 1.807) is 49.0 Å². The van der Waals surface area contributed by atoms with E-state index in [9.17, 15) is 19.2 Å². The Kier molecular flexibility index (Phi) is 24.4. The maximum atomic E-state index is 11.8. The van der Waals surface area contributed by atoms with Gasteiger partial charge in [0, 0.05) is 0 Å². The van der Waals surface area contributed by atoms with E-state index in [0.717, 1.165) is 33.9 Å². The van der Waals surface area contributed by atoms with E-state index in [-0.39, 0.29) is 49.5 Å². The van der Waals surface area contributed by atoms with Crippen LogP contribution < -0.4 is 19.9 Å². The van der Waals surface area contributed by atoms with Gasteiger partial charge in [0.1, 0.15) is 42.5 Å². The molecule has 0 aliphatic rings. The zero-order chi connectivity index (χ0) is 43.6. The van der Waals surface area contributed by atoms with Gasteiger partial charge in [0.25, 0.3) is 0 Å². The highest BCUT2D eigenvalue weighted by molar-refractivity contribution is 5.76. The topological polar surface area (TPSA) is 174 Å². The molecule has 0 bridgehead atoms. The fourth-order valence-electron chi connectivity index (χ4n) is 3.90. The van der Waals surface area contributed by atoms with Gasteiger partial charge in [0.15, 0.2) is 0 Å². The summed E-state index contributed by atoms with van der Waals surface area (Å²) in [4.78, 5) is 47.7. The third kappa shape index (κ3) is 21.9. The second kappa shape index (κ2) is 27.1. The Morgan fingerprint density at radius 3 is 1.19 bits per heavy atom. The van der Waals surface area contributed by atoms with Gasteiger partial charge in [0.05, 0.1) is 38.6 Å². The third-order valence-corrected chi connectivity index (χ3v) is 7.91. The molecule has 3 N–H and O–H groups in total. The van der Waals surface area contributed by atoms with Gasteiger partial charge in [-0.2, -0.15) is 0 Å². The summed E-state index contributed by atoms with van der Waals surface area (Å²) in [5.74, 6) is 0.549. The van der Waals surface area contributed by atoms with E-state index in [2.05, 4.69) is 4.85 Å². The number of carbonyl (C=O) groups excluding carboxylic acids is 3. The lowest BCUT2D eigenvalue weighted by Gasteiger charge is -2.21. The van der Waals surface area contributed by atoms with Crippen molar-refractivity contribution in [1.82, 2.24) is 0 Å². The van der Waals surface area contributed by atoms with Crippen molar-refractivity contribution >= 4 is 23.9 Å². The van der Waals surface area contributed by atoms with Crippen molar-refractivity contribution in [3.8, 4) is 17.2 Å². The van der Waals surface area contributed by atoms with Gasteiger partial charge in [-0.05, 0) is 93.7 Å². The van der Waals surface area contributed by atoms with Gasteiger partial charge in [-0.25, -0.2) is 6.57 Å². The van der Waals surface area contributed by atoms with Gasteiger partial charge in [-0.15, -0.1) is 0 Å².